The number of benzene rings is 1. The molecule has 1 aromatic carbocycles. The zero-order valence-electron chi connectivity index (χ0n) is 8.66. The molecule has 3 rings (SSSR count). The summed E-state index contributed by atoms with van der Waals surface area (Å²) in [4.78, 5) is 13.2. The third kappa shape index (κ3) is 1.13. The largest absolute Gasteiger partial charge is 0.385 e. The van der Waals surface area contributed by atoms with Crippen molar-refractivity contribution in [2.75, 3.05) is 11.9 Å². The number of aliphatic hydroxyl groups is 1. The highest BCUT2D eigenvalue weighted by Crippen LogP contribution is 2.49. The van der Waals surface area contributed by atoms with E-state index in [0.29, 0.717) is 6.42 Å². The van der Waals surface area contributed by atoms with Crippen LogP contribution in [0.15, 0.2) is 18.2 Å². The minimum absolute atomic E-state index is 0.113. The zero-order chi connectivity index (χ0) is 10.6. The molecule has 1 amide bonds. The Morgan fingerprint density at radius 3 is 2.80 bits per heavy atom. The van der Waals surface area contributed by atoms with Crippen LogP contribution in [0.5, 0.6) is 0 Å². The number of likely N-dealkylation sites (N-methyl/N-ethyl adjacent to an activating group) is 1. The first-order valence-corrected chi connectivity index (χ1v) is 5.23. The van der Waals surface area contributed by atoms with E-state index in [2.05, 4.69) is 0 Å². The van der Waals surface area contributed by atoms with Crippen molar-refractivity contribution in [1.82, 2.24) is 0 Å². The van der Waals surface area contributed by atoms with Crippen LogP contribution >= 0.6 is 0 Å². The molecule has 1 saturated carbocycles. The van der Waals surface area contributed by atoms with Gasteiger partial charge in [0.25, 0.3) is 0 Å². The molecule has 0 spiro atoms. The molecule has 1 heterocycles. The van der Waals surface area contributed by atoms with Crippen molar-refractivity contribution in [3.05, 3.63) is 29.3 Å². The normalized spacial score (nSPS) is 21.7. The molecule has 1 fully saturated rings. The Labute approximate surface area is 88.3 Å². The van der Waals surface area contributed by atoms with E-state index in [1.807, 2.05) is 18.2 Å². The third-order valence-electron chi connectivity index (χ3n) is 3.44. The van der Waals surface area contributed by atoms with E-state index in [1.165, 1.54) is 0 Å². The van der Waals surface area contributed by atoms with Crippen molar-refractivity contribution < 1.29 is 9.90 Å². The van der Waals surface area contributed by atoms with Gasteiger partial charge < -0.3 is 10.0 Å². The Bertz CT molecular complexity index is 449. The van der Waals surface area contributed by atoms with E-state index < -0.39 is 5.60 Å². The van der Waals surface area contributed by atoms with Crippen molar-refractivity contribution in [2.24, 2.45) is 0 Å². The lowest BCUT2D eigenvalue weighted by molar-refractivity contribution is -0.117. The Morgan fingerprint density at radius 2 is 2.13 bits per heavy atom. The molecule has 3 heteroatoms. The number of nitrogens with zero attached hydrogens (tertiary/aromatic N) is 1. The molecule has 0 atom stereocenters. The van der Waals surface area contributed by atoms with Crippen LogP contribution in [0, 0.1) is 0 Å². The summed E-state index contributed by atoms with van der Waals surface area (Å²) in [5, 5.41) is 10.1. The predicted molar refractivity (Wildman–Crippen MR) is 56.7 cm³/mol. The zero-order valence-corrected chi connectivity index (χ0v) is 8.66. The van der Waals surface area contributed by atoms with E-state index in [9.17, 15) is 9.90 Å². The summed E-state index contributed by atoms with van der Waals surface area (Å²) in [7, 11) is 1.79. The van der Waals surface area contributed by atoms with Gasteiger partial charge in [0.2, 0.25) is 5.91 Å². The Morgan fingerprint density at radius 1 is 1.40 bits per heavy atom. The maximum absolute atomic E-state index is 11.6. The first-order chi connectivity index (χ1) is 7.12. The molecule has 2 aliphatic rings. The maximum Gasteiger partial charge on any atom is 0.231 e. The Balaban J connectivity index is 2.16. The lowest BCUT2D eigenvalue weighted by atomic mass is 9.98. The maximum atomic E-state index is 11.6. The van der Waals surface area contributed by atoms with Crippen LogP contribution in [-0.2, 0) is 16.8 Å². The van der Waals surface area contributed by atoms with Gasteiger partial charge in [-0.05, 0) is 30.0 Å². The number of rotatable bonds is 1. The molecule has 78 valence electrons. The lowest BCUT2D eigenvalue weighted by Gasteiger charge is -2.14. The van der Waals surface area contributed by atoms with Gasteiger partial charge in [0, 0.05) is 12.7 Å². The smallest absolute Gasteiger partial charge is 0.231 e. The first kappa shape index (κ1) is 8.92. The van der Waals surface area contributed by atoms with Crippen molar-refractivity contribution >= 4 is 11.6 Å². The Kier molecular flexibility index (Phi) is 1.55. The highest BCUT2D eigenvalue weighted by molar-refractivity contribution is 6.01. The SMILES string of the molecule is CN1C(=O)Cc2c1cccc2C1(O)CC1. The monoisotopic (exact) mass is 203 g/mol. The number of carbonyl (C=O) groups excluding carboxylic acids is 1. The molecule has 0 bridgehead atoms. The van der Waals surface area contributed by atoms with Gasteiger partial charge >= 0.3 is 0 Å². The number of anilines is 1. The standard InChI is InChI=1S/C12H13NO2/c1-13-10-4-2-3-9(12(15)5-6-12)8(10)7-11(13)14/h2-4,15H,5-7H2,1H3. The second-order valence-corrected chi connectivity index (χ2v) is 4.46. The van der Waals surface area contributed by atoms with Crippen LogP contribution in [0.3, 0.4) is 0 Å². The average molecular weight is 203 g/mol. The summed E-state index contributed by atoms with van der Waals surface area (Å²) in [5.74, 6) is 0.113. The third-order valence-corrected chi connectivity index (χ3v) is 3.44. The molecule has 1 aliphatic carbocycles. The molecule has 1 N–H and O–H groups in total. The van der Waals surface area contributed by atoms with Gasteiger partial charge in [-0.2, -0.15) is 0 Å². The summed E-state index contributed by atoms with van der Waals surface area (Å²) >= 11 is 0. The number of hydrogen-bond acceptors (Lipinski definition) is 2. The van der Waals surface area contributed by atoms with Gasteiger partial charge in [-0.1, -0.05) is 12.1 Å². The van der Waals surface area contributed by atoms with Crippen molar-refractivity contribution in [3.63, 3.8) is 0 Å². The topological polar surface area (TPSA) is 40.5 Å². The second kappa shape index (κ2) is 2.61. The van der Waals surface area contributed by atoms with E-state index >= 15 is 0 Å². The minimum Gasteiger partial charge on any atom is -0.385 e. The number of fused-ring (bicyclic) bond motifs is 1. The van der Waals surface area contributed by atoms with E-state index in [1.54, 1.807) is 11.9 Å². The van der Waals surface area contributed by atoms with Crippen LogP contribution in [0.4, 0.5) is 5.69 Å². The van der Waals surface area contributed by atoms with Crippen LogP contribution in [0.2, 0.25) is 0 Å². The summed E-state index contributed by atoms with van der Waals surface area (Å²) < 4.78 is 0. The van der Waals surface area contributed by atoms with Gasteiger partial charge in [0.1, 0.15) is 0 Å². The molecule has 15 heavy (non-hydrogen) atoms. The number of carbonyl (C=O) groups is 1. The van der Waals surface area contributed by atoms with Crippen LogP contribution in [0.25, 0.3) is 0 Å². The highest BCUT2D eigenvalue weighted by atomic mass is 16.3. The molecule has 0 aromatic heterocycles. The molecular weight excluding hydrogens is 190 g/mol. The van der Waals surface area contributed by atoms with Gasteiger partial charge in [-0.3, -0.25) is 4.79 Å². The van der Waals surface area contributed by atoms with Crippen molar-refractivity contribution in [3.8, 4) is 0 Å². The molecular formula is C12H13NO2. The fourth-order valence-electron chi connectivity index (χ4n) is 2.30. The fourth-order valence-corrected chi connectivity index (χ4v) is 2.30. The summed E-state index contributed by atoms with van der Waals surface area (Å²) in [6, 6.07) is 5.80. The molecule has 1 aliphatic heterocycles. The van der Waals surface area contributed by atoms with Crippen LogP contribution < -0.4 is 4.90 Å². The molecule has 0 saturated heterocycles. The summed E-state index contributed by atoms with van der Waals surface area (Å²) in [6.45, 7) is 0. The van der Waals surface area contributed by atoms with Crippen molar-refractivity contribution in [2.45, 2.75) is 24.9 Å². The average Bonchev–Trinajstić information content (AvgIpc) is 2.90. The molecule has 3 nitrogen and oxygen atoms in total. The van der Waals surface area contributed by atoms with Crippen LogP contribution in [0.1, 0.15) is 24.0 Å². The number of hydrogen-bond donors (Lipinski definition) is 1. The highest BCUT2D eigenvalue weighted by Gasteiger charge is 2.45. The number of amides is 1. The van der Waals surface area contributed by atoms with Gasteiger partial charge in [-0.15, -0.1) is 0 Å². The first-order valence-electron chi connectivity index (χ1n) is 5.23. The van der Waals surface area contributed by atoms with Crippen LogP contribution in [-0.4, -0.2) is 18.1 Å². The van der Waals surface area contributed by atoms with E-state index in [0.717, 1.165) is 29.7 Å². The molecule has 0 radical (unpaired) electrons. The molecule has 1 aromatic rings. The second-order valence-electron chi connectivity index (χ2n) is 4.46. The van der Waals surface area contributed by atoms with E-state index in [4.69, 9.17) is 0 Å². The minimum atomic E-state index is -0.642. The quantitative estimate of drug-likeness (QED) is 0.744. The Hall–Kier alpha value is -1.35. The predicted octanol–water partition coefficient (Wildman–Crippen LogP) is 1.19. The van der Waals surface area contributed by atoms with Crippen molar-refractivity contribution in [1.29, 1.82) is 0 Å². The van der Waals surface area contributed by atoms with Gasteiger partial charge in [0.05, 0.1) is 12.0 Å². The van der Waals surface area contributed by atoms with Gasteiger partial charge in [-0.25, -0.2) is 0 Å². The van der Waals surface area contributed by atoms with E-state index in [-0.39, 0.29) is 5.91 Å². The van der Waals surface area contributed by atoms with Gasteiger partial charge in [0.15, 0.2) is 0 Å². The summed E-state index contributed by atoms with van der Waals surface area (Å²) in [6.07, 6.45) is 2.08. The summed E-state index contributed by atoms with van der Waals surface area (Å²) in [5.41, 5.74) is 2.29. The lowest BCUT2D eigenvalue weighted by Crippen LogP contribution is -2.20. The molecule has 0 unspecified atom stereocenters. The fraction of sp³-hybridized carbons (Fsp3) is 0.417.